The quantitative estimate of drug-likeness (QED) is 0.788. The molecule has 24 heavy (non-hydrogen) atoms. The van der Waals surface area contributed by atoms with Gasteiger partial charge in [-0.15, -0.1) is 0 Å². The number of nitrogens with zero attached hydrogens (tertiary/aromatic N) is 1. The third-order valence-corrected chi connectivity index (χ3v) is 4.66. The van der Waals surface area contributed by atoms with Gasteiger partial charge in [-0.05, 0) is 48.4 Å². The molecular weight excluding hydrogens is 306 g/mol. The number of hydrogen-bond acceptors (Lipinski definition) is 3. The van der Waals surface area contributed by atoms with Crippen LogP contribution < -0.4 is 5.32 Å². The van der Waals surface area contributed by atoms with Gasteiger partial charge in [0.25, 0.3) is 5.91 Å². The molecule has 1 aromatic heterocycles. The minimum absolute atomic E-state index is 0.0729. The smallest absolute Gasteiger partial charge is 0.253 e. The molecule has 6 nitrogen and oxygen atoms in total. The van der Waals surface area contributed by atoms with E-state index in [0.29, 0.717) is 32.4 Å². The van der Waals surface area contributed by atoms with Crippen LogP contribution in [-0.2, 0) is 16.0 Å². The van der Waals surface area contributed by atoms with Gasteiger partial charge in [0.05, 0.1) is 6.54 Å². The Labute approximate surface area is 140 Å². The minimum atomic E-state index is -1.48. The molecule has 2 amide bonds. The first-order chi connectivity index (χ1) is 11.5. The lowest BCUT2D eigenvalue weighted by Crippen LogP contribution is -2.58. The van der Waals surface area contributed by atoms with E-state index >= 15 is 0 Å². The number of carbonyl (C=O) groups excluding carboxylic acids is 2. The topological polar surface area (TPSA) is 85.4 Å². The fourth-order valence-electron chi connectivity index (χ4n) is 3.23. The zero-order valence-corrected chi connectivity index (χ0v) is 13.8. The van der Waals surface area contributed by atoms with Crippen molar-refractivity contribution >= 4 is 22.7 Å². The van der Waals surface area contributed by atoms with E-state index in [4.69, 9.17) is 0 Å². The zero-order chi connectivity index (χ0) is 17.2. The molecule has 1 aliphatic rings. The maximum Gasteiger partial charge on any atom is 0.253 e. The number of aromatic nitrogens is 1. The molecule has 1 fully saturated rings. The van der Waals surface area contributed by atoms with E-state index in [1.165, 1.54) is 11.8 Å². The Hall–Kier alpha value is -2.34. The van der Waals surface area contributed by atoms with Gasteiger partial charge in [-0.3, -0.25) is 9.59 Å². The lowest BCUT2D eigenvalue weighted by atomic mass is 9.91. The van der Waals surface area contributed by atoms with E-state index in [1.807, 2.05) is 24.4 Å². The molecular formula is C18H23N3O3. The Morgan fingerprint density at radius 2 is 2.21 bits per heavy atom. The monoisotopic (exact) mass is 329 g/mol. The van der Waals surface area contributed by atoms with Crippen molar-refractivity contribution < 1.29 is 14.7 Å². The number of benzene rings is 1. The van der Waals surface area contributed by atoms with Crippen LogP contribution in [0, 0.1) is 0 Å². The predicted molar refractivity (Wildman–Crippen MR) is 91.5 cm³/mol. The molecule has 2 aromatic rings. The Balaban J connectivity index is 1.55. The molecule has 3 rings (SSSR count). The number of hydrogen-bond donors (Lipinski definition) is 3. The zero-order valence-electron chi connectivity index (χ0n) is 13.8. The van der Waals surface area contributed by atoms with E-state index in [9.17, 15) is 14.7 Å². The lowest BCUT2D eigenvalue weighted by molar-refractivity contribution is -0.150. The Kier molecular flexibility index (Phi) is 4.57. The van der Waals surface area contributed by atoms with Crippen molar-refractivity contribution in [3.05, 3.63) is 36.0 Å². The molecule has 0 saturated carbocycles. The number of piperidine rings is 1. The van der Waals surface area contributed by atoms with Crippen LogP contribution in [0.15, 0.2) is 30.5 Å². The van der Waals surface area contributed by atoms with Crippen LogP contribution in [-0.4, -0.2) is 52.0 Å². The SMILES string of the molecule is CC(=O)N1CCCC(O)(C(=O)NCCc2ccc3[nH]ccc3c2)C1. The second-order valence-electron chi connectivity index (χ2n) is 6.48. The van der Waals surface area contributed by atoms with E-state index in [-0.39, 0.29) is 12.5 Å². The fraction of sp³-hybridized carbons (Fsp3) is 0.444. The van der Waals surface area contributed by atoms with Crippen LogP contribution in [0.2, 0.25) is 0 Å². The van der Waals surface area contributed by atoms with E-state index in [1.54, 1.807) is 0 Å². The summed E-state index contributed by atoms with van der Waals surface area (Å²) >= 11 is 0. The van der Waals surface area contributed by atoms with Gasteiger partial charge >= 0.3 is 0 Å². The molecule has 1 atom stereocenters. The Morgan fingerprint density at radius 3 is 3.00 bits per heavy atom. The van der Waals surface area contributed by atoms with Crippen LogP contribution in [0.5, 0.6) is 0 Å². The van der Waals surface area contributed by atoms with Gasteiger partial charge in [0, 0.05) is 31.7 Å². The van der Waals surface area contributed by atoms with Gasteiger partial charge in [0.15, 0.2) is 5.60 Å². The largest absolute Gasteiger partial charge is 0.378 e. The first kappa shape index (κ1) is 16.5. The molecule has 128 valence electrons. The van der Waals surface area contributed by atoms with Crippen LogP contribution in [0.25, 0.3) is 10.9 Å². The molecule has 1 aliphatic heterocycles. The third-order valence-electron chi connectivity index (χ3n) is 4.66. The lowest BCUT2D eigenvalue weighted by Gasteiger charge is -2.37. The average molecular weight is 329 g/mol. The number of H-pyrrole nitrogens is 1. The van der Waals surface area contributed by atoms with Gasteiger partial charge in [-0.1, -0.05) is 6.07 Å². The van der Waals surface area contributed by atoms with E-state index in [2.05, 4.69) is 16.4 Å². The highest BCUT2D eigenvalue weighted by atomic mass is 16.3. The van der Waals surface area contributed by atoms with Crippen LogP contribution in [0.1, 0.15) is 25.3 Å². The first-order valence-corrected chi connectivity index (χ1v) is 8.30. The summed E-state index contributed by atoms with van der Waals surface area (Å²) in [5.41, 5.74) is 0.737. The highest BCUT2D eigenvalue weighted by Crippen LogP contribution is 2.21. The maximum absolute atomic E-state index is 12.3. The number of likely N-dealkylation sites (tertiary alicyclic amines) is 1. The highest BCUT2D eigenvalue weighted by Gasteiger charge is 2.40. The fourth-order valence-corrected chi connectivity index (χ4v) is 3.23. The van der Waals surface area contributed by atoms with Crippen molar-refractivity contribution in [2.45, 2.75) is 31.8 Å². The van der Waals surface area contributed by atoms with Crippen molar-refractivity contribution in [2.24, 2.45) is 0 Å². The van der Waals surface area contributed by atoms with Gasteiger partial charge in [0.1, 0.15) is 0 Å². The summed E-state index contributed by atoms with van der Waals surface area (Å²) < 4.78 is 0. The number of carbonyl (C=O) groups is 2. The van der Waals surface area contributed by atoms with Gasteiger partial charge in [0.2, 0.25) is 5.91 Å². The molecule has 1 aromatic carbocycles. The summed E-state index contributed by atoms with van der Waals surface area (Å²) in [4.78, 5) is 28.5. The van der Waals surface area contributed by atoms with Crippen molar-refractivity contribution in [3.63, 3.8) is 0 Å². The average Bonchev–Trinajstić information content (AvgIpc) is 3.02. The second kappa shape index (κ2) is 6.65. The number of amides is 2. The summed E-state index contributed by atoms with van der Waals surface area (Å²) in [6.07, 6.45) is 3.61. The van der Waals surface area contributed by atoms with Crippen molar-refractivity contribution in [3.8, 4) is 0 Å². The summed E-state index contributed by atoms with van der Waals surface area (Å²) in [5.74, 6) is -0.503. The number of fused-ring (bicyclic) bond motifs is 1. The maximum atomic E-state index is 12.3. The first-order valence-electron chi connectivity index (χ1n) is 8.30. The number of β-amino-alcohol motifs (C(OH)–C–C–N with tert-alkyl or cyclic N) is 1. The van der Waals surface area contributed by atoms with Crippen molar-refractivity contribution in [2.75, 3.05) is 19.6 Å². The number of aromatic amines is 1. The van der Waals surface area contributed by atoms with E-state index < -0.39 is 11.5 Å². The van der Waals surface area contributed by atoms with Crippen LogP contribution in [0.3, 0.4) is 0 Å². The third kappa shape index (κ3) is 3.43. The molecule has 2 heterocycles. The molecule has 0 bridgehead atoms. The molecule has 3 N–H and O–H groups in total. The number of rotatable bonds is 4. The molecule has 6 heteroatoms. The van der Waals surface area contributed by atoms with Crippen molar-refractivity contribution in [1.82, 2.24) is 15.2 Å². The van der Waals surface area contributed by atoms with Gasteiger partial charge in [-0.2, -0.15) is 0 Å². The molecule has 0 aliphatic carbocycles. The summed E-state index contributed by atoms with van der Waals surface area (Å²) in [7, 11) is 0. The van der Waals surface area contributed by atoms with Crippen LogP contribution in [0.4, 0.5) is 0 Å². The summed E-state index contributed by atoms with van der Waals surface area (Å²) in [6.45, 7) is 2.59. The molecule has 0 radical (unpaired) electrons. The minimum Gasteiger partial charge on any atom is -0.378 e. The van der Waals surface area contributed by atoms with Crippen LogP contribution >= 0.6 is 0 Å². The predicted octanol–water partition coefficient (Wildman–Crippen LogP) is 1.20. The van der Waals surface area contributed by atoms with Gasteiger partial charge < -0.3 is 20.3 Å². The molecule has 1 saturated heterocycles. The normalized spacial score (nSPS) is 21.0. The van der Waals surface area contributed by atoms with E-state index in [0.717, 1.165) is 16.5 Å². The Morgan fingerprint density at radius 1 is 1.38 bits per heavy atom. The standard InChI is InChI=1S/C18H23N3O3/c1-13(22)21-10-2-7-18(24,12-21)17(23)20-8-5-14-3-4-16-15(11-14)6-9-19-16/h3-4,6,9,11,19,24H,2,5,7-8,10,12H2,1H3,(H,20,23). The van der Waals surface area contributed by atoms with Crippen molar-refractivity contribution in [1.29, 1.82) is 0 Å². The second-order valence-corrected chi connectivity index (χ2v) is 6.48. The summed E-state index contributed by atoms with van der Waals surface area (Å²) in [6, 6.07) is 8.15. The number of nitrogens with one attached hydrogen (secondary N) is 2. The van der Waals surface area contributed by atoms with Gasteiger partial charge in [-0.25, -0.2) is 0 Å². The summed E-state index contributed by atoms with van der Waals surface area (Å²) in [5, 5.41) is 14.5. The number of aliphatic hydroxyl groups is 1. The molecule has 1 unspecified atom stereocenters. The molecule has 0 spiro atoms. The highest BCUT2D eigenvalue weighted by molar-refractivity contribution is 5.86. The Bertz CT molecular complexity index is 755.